The molecule has 1 aliphatic heterocycles. The monoisotopic (exact) mass is 511 g/mol. The Hall–Kier alpha value is -3.23. The third-order valence-electron chi connectivity index (χ3n) is 6.40. The molecule has 0 bridgehead atoms. The summed E-state index contributed by atoms with van der Waals surface area (Å²) in [7, 11) is -2.38. The summed E-state index contributed by atoms with van der Waals surface area (Å²) in [6, 6.07) is 21.2. The smallest absolute Gasteiger partial charge is 0.267 e. The molecule has 0 fully saturated rings. The van der Waals surface area contributed by atoms with Gasteiger partial charge in [-0.15, -0.1) is 4.40 Å². The van der Waals surface area contributed by atoms with Gasteiger partial charge in [-0.25, -0.2) is 12.8 Å². The first-order valence-corrected chi connectivity index (χ1v) is 13.3. The van der Waals surface area contributed by atoms with E-state index < -0.39 is 32.6 Å². The fourth-order valence-electron chi connectivity index (χ4n) is 4.77. The highest BCUT2D eigenvalue weighted by molar-refractivity contribution is 7.90. The summed E-state index contributed by atoms with van der Waals surface area (Å²) in [5.74, 6) is -0.133. The maximum Gasteiger partial charge on any atom is 0.267 e. The third kappa shape index (κ3) is 5.44. The lowest BCUT2D eigenvalue weighted by molar-refractivity contribution is 0.0797. The zero-order chi connectivity index (χ0) is 25.9. The zero-order valence-corrected chi connectivity index (χ0v) is 21.3. The highest BCUT2D eigenvalue weighted by atomic mass is 32.2. The number of sulfonamides is 1. The molecular formula is C28H30FNO5S. The molecule has 36 heavy (non-hydrogen) atoms. The van der Waals surface area contributed by atoms with E-state index >= 15 is 0 Å². The van der Waals surface area contributed by atoms with Crippen LogP contribution in [0.5, 0.6) is 5.75 Å². The Kier molecular flexibility index (Phi) is 7.47. The average molecular weight is 512 g/mol. The summed E-state index contributed by atoms with van der Waals surface area (Å²) in [4.78, 5) is 0. The molecule has 0 saturated carbocycles. The standard InChI is InChI=1S/C28H30FNO5S/c1-28(2)27(20-13-11-19(12-14-20)21-7-6-8-23(17-21)34-3)36(32,33)30-26(35-28)18-22(15-16-31)24-9-4-5-10-25(24)29/h4-14,17,22,27,31H,15-16,18H2,1-3H3/t22-,27?/m1/s1. The maximum absolute atomic E-state index is 14.4. The molecule has 8 heteroatoms. The first-order chi connectivity index (χ1) is 17.1. The first kappa shape index (κ1) is 25.9. The predicted molar refractivity (Wildman–Crippen MR) is 138 cm³/mol. The molecule has 0 saturated heterocycles. The molecule has 3 aromatic carbocycles. The topological polar surface area (TPSA) is 85.2 Å². The van der Waals surface area contributed by atoms with Crippen LogP contribution in [0.4, 0.5) is 4.39 Å². The second-order valence-corrected chi connectivity index (χ2v) is 11.1. The Balaban J connectivity index is 1.62. The lowest BCUT2D eigenvalue weighted by Crippen LogP contribution is -2.43. The lowest BCUT2D eigenvalue weighted by atomic mass is 9.91. The molecule has 1 unspecified atom stereocenters. The number of aliphatic hydroxyl groups is 1. The number of methoxy groups -OCH3 is 1. The highest BCUT2D eigenvalue weighted by Gasteiger charge is 2.47. The Morgan fingerprint density at radius 1 is 1.06 bits per heavy atom. The first-order valence-electron chi connectivity index (χ1n) is 11.8. The van der Waals surface area contributed by atoms with Gasteiger partial charge in [0, 0.05) is 13.0 Å². The lowest BCUT2D eigenvalue weighted by Gasteiger charge is -2.38. The summed E-state index contributed by atoms with van der Waals surface area (Å²) >= 11 is 0. The minimum absolute atomic E-state index is 0.0194. The van der Waals surface area contributed by atoms with Gasteiger partial charge in [-0.05, 0) is 66.6 Å². The van der Waals surface area contributed by atoms with Crippen molar-refractivity contribution in [2.45, 2.75) is 43.5 Å². The molecule has 4 rings (SSSR count). The molecular weight excluding hydrogens is 481 g/mol. The van der Waals surface area contributed by atoms with Crippen molar-refractivity contribution in [2.75, 3.05) is 13.7 Å². The van der Waals surface area contributed by atoms with E-state index in [1.54, 1.807) is 51.3 Å². The number of nitrogens with zero attached hydrogens (tertiary/aromatic N) is 1. The summed E-state index contributed by atoms with van der Waals surface area (Å²) in [6.07, 6.45) is 0.310. The fraction of sp³-hybridized carbons (Fsp3) is 0.321. The SMILES string of the molecule is COc1cccc(-c2ccc(C3C(C)(C)OC(C[C@@H](CCO)c4ccccc4F)=NS3(=O)=O)cc2)c1. The van der Waals surface area contributed by atoms with Gasteiger partial charge in [-0.2, -0.15) is 0 Å². The summed E-state index contributed by atoms with van der Waals surface area (Å²) in [5, 5.41) is 8.50. The van der Waals surface area contributed by atoms with Crippen molar-refractivity contribution in [3.05, 3.63) is 89.7 Å². The van der Waals surface area contributed by atoms with Crippen molar-refractivity contribution in [2.24, 2.45) is 4.40 Å². The molecule has 0 amide bonds. The number of hydrogen-bond acceptors (Lipinski definition) is 5. The second-order valence-electron chi connectivity index (χ2n) is 9.37. The van der Waals surface area contributed by atoms with E-state index in [1.165, 1.54) is 6.07 Å². The van der Waals surface area contributed by atoms with E-state index in [-0.39, 0.29) is 25.3 Å². The van der Waals surface area contributed by atoms with Gasteiger partial charge in [0.25, 0.3) is 10.0 Å². The number of benzene rings is 3. The Bertz CT molecular complexity index is 1350. The second kappa shape index (κ2) is 10.4. The zero-order valence-electron chi connectivity index (χ0n) is 20.5. The van der Waals surface area contributed by atoms with Crippen LogP contribution in [-0.4, -0.2) is 38.7 Å². The molecule has 0 radical (unpaired) electrons. The predicted octanol–water partition coefficient (Wildman–Crippen LogP) is 5.64. The normalized spacial score (nSPS) is 19.1. The fourth-order valence-corrected chi connectivity index (χ4v) is 6.54. The van der Waals surface area contributed by atoms with Crippen molar-refractivity contribution in [3.63, 3.8) is 0 Å². The number of hydrogen-bond donors (Lipinski definition) is 1. The molecule has 0 aromatic heterocycles. The average Bonchev–Trinajstić information content (AvgIpc) is 2.83. The van der Waals surface area contributed by atoms with Crippen molar-refractivity contribution in [1.29, 1.82) is 0 Å². The van der Waals surface area contributed by atoms with Crippen molar-refractivity contribution in [3.8, 4) is 16.9 Å². The van der Waals surface area contributed by atoms with E-state index in [0.29, 0.717) is 11.1 Å². The van der Waals surface area contributed by atoms with Crippen molar-refractivity contribution >= 4 is 15.9 Å². The minimum Gasteiger partial charge on any atom is -0.497 e. The molecule has 1 heterocycles. The van der Waals surface area contributed by atoms with Gasteiger partial charge in [-0.3, -0.25) is 0 Å². The Labute approximate surface area is 211 Å². The molecule has 190 valence electrons. The van der Waals surface area contributed by atoms with Crippen LogP contribution in [0.15, 0.2) is 77.2 Å². The summed E-state index contributed by atoms with van der Waals surface area (Å²) < 4.78 is 56.6. The van der Waals surface area contributed by atoms with Crippen LogP contribution >= 0.6 is 0 Å². The quantitative estimate of drug-likeness (QED) is 0.423. The van der Waals surface area contributed by atoms with Crippen LogP contribution in [0.25, 0.3) is 11.1 Å². The van der Waals surface area contributed by atoms with Crippen molar-refractivity contribution < 1.29 is 27.4 Å². The largest absolute Gasteiger partial charge is 0.497 e. The Morgan fingerprint density at radius 3 is 2.42 bits per heavy atom. The van der Waals surface area contributed by atoms with Crippen LogP contribution in [0.3, 0.4) is 0 Å². The summed E-state index contributed by atoms with van der Waals surface area (Å²) in [6.45, 7) is 3.25. The van der Waals surface area contributed by atoms with Crippen LogP contribution in [0.2, 0.25) is 0 Å². The molecule has 6 nitrogen and oxygen atoms in total. The molecule has 3 aromatic rings. The Morgan fingerprint density at radius 2 is 1.78 bits per heavy atom. The van der Waals surface area contributed by atoms with Crippen LogP contribution < -0.4 is 4.74 Å². The van der Waals surface area contributed by atoms with Gasteiger partial charge < -0.3 is 14.6 Å². The van der Waals surface area contributed by atoms with Gasteiger partial charge in [0.05, 0.1) is 7.11 Å². The van der Waals surface area contributed by atoms with Gasteiger partial charge in [0.2, 0.25) is 5.90 Å². The van der Waals surface area contributed by atoms with E-state index in [9.17, 15) is 17.9 Å². The number of rotatable bonds is 8. The molecule has 1 aliphatic rings. The maximum atomic E-state index is 14.4. The number of halogens is 1. The van der Waals surface area contributed by atoms with Crippen LogP contribution in [0.1, 0.15) is 49.0 Å². The number of ether oxygens (including phenoxy) is 2. The van der Waals surface area contributed by atoms with Gasteiger partial charge in [-0.1, -0.05) is 54.6 Å². The van der Waals surface area contributed by atoms with E-state index in [2.05, 4.69) is 4.40 Å². The van der Waals surface area contributed by atoms with Crippen LogP contribution in [0, 0.1) is 5.82 Å². The van der Waals surface area contributed by atoms with E-state index in [4.69, 9.17) is 9.47 Å². The summed E-state index contributed by atoms with van der Waals surface area (Å²) in [5.41, 5.74) is 1.71. The van der Waals surface area contributed by atoms with Crippen LogP contribution in [-0.2, 0) is 14.8 Å². The minimum atomic E-state index is -3.99. The highest BCUT2D eigenvalue weighted by Crippen LogP contribution is 2.42. The molecule has 0 spiro atoms. The molecule has 2 atom stereocenters. The third-order valence-corrected chi connectivity index (χ3v) is 8.29. The van der Waals surface area contributed by atoms with E-state index in [1.807, 2.05) is 36.4 Å². The number of aliphatic hydroxyl groups excluding tert-OH is 1. The van der Waals surface area contributed by atoms with Gasteiger partial charge >= 0.3 is 0 Å². The van der Waals surface area contributed by atoms with Gasteiger partial charge in [0.1, 0.15) is 22.4 Å². The van der Waals surface area contributed by atoms with E-state index in [0.717, 1.165) is 16.9 Å². The molecule has 1 N–H and O–H groups in total. The van der Waals surface area contributed by atoms with Gasteiger partial charge in [0.15, 0.2) is 0 Å². The van der Waals surface area contributed by atoms with Crippen molar-refractivity contribution in [1.82, 2.24) is 0 Å². The molecule has 0 aliphatic carbocycles.